The summed E-state index contributed by atoms with van der Waals surface area (Å²) in [5, 5.41) is 11.8. The first kappa shape index (κ1) is 21.9. The number of nitrogens with zero attached hydrogens (tertiary/aromatic N) is 4. The zero-order valence-corrected chi connectivity index (χ0v) is 17.4. The molecule has 0 fully saturated rings. The van der Waals surface area contributed by atoms with Crippen molar-refractivity contribution < 1.29 is 14.7 Å². The second-order valence-electron chi connectivity index (χ2n) is 7.38. The lowest BCUT2D eigenvalue weighted by molar-refractivity contribution is -0.139. The second kappa shape index (κ2) is 9.33. The van der Waals surface area contributed by atoms with E-state index in [9.17, 15) is 14.7 Å². The molecule has 31 heavy (non-hydrogen) atoms. The van der Waals surface area contributed by atoms with Crippen molar-refractivity contribution in [1.82, 2.24) is 25.3 Å². The third-order valence-electron chi connectivity index (χ3n) is 4.94. The van der Waals surface area contributed by atoms with E-state index in [2.05, 4.69) is 25.3 Å². The van der Waals surface area contributed by atoms with E-state index in [0.717, 1.165) is 11.3 Å². The van der Waals surface area contributed by atoms with Gasteiger partial charge in [-0.25, -0.2) is 14.8 Å². The quantitative estimate of drug-likeness (QED) is 0.422. The van der Waals surface area contributed by atoms with Crippen molar-refractivity contribution in [2.24, 2.45) is 0 Å². The maximum atomic E-state index is 12.4. The zero-order valence-electron chi connectivity index (χ0n) is 17.4. The summed E-state index contributed by atoms with van der Waals surface area (Å²) < 4.78 is 0. The van der Waals surface area contributed by atoms with Gasteiger partial charge in [0, 0.05) is 5.56 Å². The van der Waals surface area contributed by atoms with Crippen LogP contribution in [0.25, 0.3) is 11.2 Å². The number of carbonyl (C=O) groups is 2. The predicted molar refractivity (Wildman–Crippen MR) is 116 cm³/mol. The van der Waals surface area contributed by atoms with Crippen LogP contribution in [0.5, 0.6) is 0 Å². The first-order chi connectivity index (χ1) is 14.8. The highest BCUT2D eigenvalue weighted by molar-refractivity contribution is 5.96. The van der Waals surface area contributed by atoms with Crippen LogP contribution in [0, 0.1) is 0 Å². The van der Waals surface area contributed by atoms with Gasteiger partial charge in [0.05, 0.1) is 11.9 Å². The van der Waals surface area contributed by atoms with E-state index in [1.54, 1.807) is 18.3 Å². The standard InChI is InChI=1S/C21H25N7O3/c1-3-4-15(20(30)31)26-19(29)13-7-5-12(6-8-13)11(2)9-14-10-24-18-16(25-14)17(22)27-21(23)28-18/h5-8,10-11,15H,3-4,9H2,1-2H3,(H,26,29)(H,30,31)(H4,22,23,24,27,28)/t11?,15-/m0/s1. The Balaban J connectivity index is 1.70. The fourth-order valence-corrected chi connectivity index (χ4v) is 3.26. The van der Waals surface area contributed by atoms with Crippen LogP contribution in [0.1, 0.15) is 54.2 Å². The van der Waals surface area contributed by atoms with Gasteiger partial charge >= 0.3 is 5.97 Å². The van der Waals surface area contributed by atoms with E-state index in [1.165, 1.54) is 0 Å². The van der Waals surface area contributed by atoms with Gasteiger partial charge in [-0.3, -0.25) is 4.79 Å². The Morgan fingerprint density at radius 2 is 1.84 bits per heavy atom. The number of carboxylic acids is 1. The van der Waals surface area contributed by atoms with Gasteiger partial charge in [0.25, 0.3) is 5.91 Å². The highest BCUT2D eigenvalue weighted by Gasteiger charge is 2.20. The number of nitrogens with two attached hydrogens (primary N) is 2. The molecule has 10 heteroatoms. The molecule has 6 N–H and O–H groups in total. The summed E-state index contributed by atoms with van der Waals surface area (Å²) in [6, 6.07) is 6.18. The van der Waals surface area contributed by atoms with Gasteiger partial charge in [0.1, 0.15) is 6.04 Å². The van der Waals surface area contributed by atoms with E-state index in [-0.39, 0.29) is 17.7 Å². The van der Waals surface area contributed by atoms with Crippen molar-refractivity contribution in [2.45, 2.75) is 45.1 Å². The number of carbonyl (C=O) groups excluding carboxylic acids is 1. The van der Waals surface area contributed by atoms with Crippen molar-refractivity contribution >= 4 is 34.8 Å². The Morgan fingerprint density at radius 3 is 2.48 bits per heavy atom. The lowest BCUT2D eigenvalue weighted by Crippen LogP contribution is -2.40. The number of amides is 1. The maximum Gasteiger partial charge on any atom is 0.326 e. The number of aromatic nitrogens is 4. The fourth-order valence-electron chi connectivity index (χ4n) is 3.26. The molecule has 1 amide bonds. The maximum absolute atomic E-state index is 12.4. The highest BCUT2D eigenvalue weighted by atomic mass is 16.4. The van der Waals surface area contributed by atoms with Gasteiger partial charge in [0.2, 0.25) is 5.95 Å². The molecule has 1 aromatic carbocycles. The number of anilines is 2. The third kappa shape index (κ3) is 5.21. The van der Waals surface area contributed by atoms with Crippen LogP contribution in [-0.4, -0.2) is 43.0 Å². The van der Waals surface area contributed by atoms with E-state index in [1.807, 2.05) is 26.0 Å². The number of nitrogen functional groups attached to an aromatic ring is 2. The number of rotatable bonds is 8. The lowest BCUT2D eigenvalue weighted by Gasteiger charge is -2.15. The first-order valence-electron chi connectivity index (χ1n) is 9.96. The Kier molecular flexibility index (Phi) is 6.58. The lowest BCUT2D eigenvalue weighted by atomic mass is 9.95. The number of nitrogens with one attached hydrogen (secondary N) is 1. The van der Waals surface area contributed by atoms with Crippen LogP contribution < -0.4 is 16.8 Å². The van der Waals surface area contributed by atoms with Gasteiger partial charge < -0.3 is 21.9 Å². The summed E-state index contributed by atoms with van der Waals surface area (Å²) in [6.07, 6.45) is 3.27. The Morgan fingerprint density at radius 1 is 1.13 bits per heavy atom. The van der Waals surface area contributed by atoms with Crippen molar-refractivity contribution in [1.29, 1.82) is 0 Å². The van der Waals surface area contributed by atoms with Gasteiger partial charge in [-0.1, -0.05) is 32.4 Å². The number of hydrogen-bond acceptors (Lipinski definition) is 8. The predicted octanol–water partition coefficient (Wildman–Crippen LogP) is 1.91. The molecule has 3 rings (SSSR count). The summed E-state index contributed by atoms with van der Waals surface area (Å²) in [4.78, 5) is 40.3. The topological polar surface area (TPSA) is 170 Å². The molecule has 162 valence electrons. The molecule has 2 atom stereocenters. The van der Waals surface area contributed by atoms with E-state index >= 15 is 0 Å². The molecule has 0 aliphatic carbocycles. The minimum absolute atomic E-state index is 0.0499. The molecular formula is C21H25N7O3. The molecule has 2 aromatic heterocycles. The van der Waals surface area contributed by atoms with Crippen molar-refractivity contribution in [2.75, 3.05) is 11.5 Å². The Bertz CT molecular complexity index is 1100. The van der Waals surface area contributed by atoms with Gasteiger partial charge in [-0.05, 0) is 36.5 Å². The van der Waals surface area contributed by atoms with E-state index in [4.69, 9.17) is 11.5 Å². The highest BCUT2D eigenvalue weighted by Crippen LogP contribution is 2.22. The minimum atomic E-state index is -1.04. The van der Waals surface area contributed by atoms with Crippen molar-refractivity contribution in [3.8, 4) is 0 Å². The van der Waals surface area contributed by atoms with Crippen LogP contribution in [0.2, 0.25) is 0 Å². The third-order valence-corrected chi connectivity index (χ3v) is 4.94. The van der Waals surface area contributed by atoms with Crippen LogP contribution in [0.3, 0.4) is 0 Å². The molecule has 0 bridgehead atoms. The molecule has 0 aliphatic rings. The molecule has 1 unspecified atom stereocenters. The summed E-state index contributed by atoms with van der Waals surface area (Å²) in [5.41, 5.74) is 14.4. The van der Waals surface area contributed by atoms with E-state index in [0.29, 0.717) is 36.0 Å². The number of hydrogen-bond donors (Lipinski definition) is 4. The smallest absolute Gasteiger partial charge is 0.326 e. The number of carboxylic acid groups (broad SMARTS) is 1. The van der Waals surface area contributed by atoms with Crippen LogP contribution in [0.15, 0.2) is 30.5 Å². The normalized spacial score (nSPS) is 13.0. The molecule has 0 spiro atoms. The summed E-state index contributed by atoms with van der Waals surface area (Å²) in [7, 11) is 0. The number of aliphatic carboxylic acids is 1. The first-order valence-corrected chi connectivity index (χ1v) is 9.96. The average Bonchev–Trinajstić information content (AvgIpc) is 2.73. The minimum Gasteiger partial charge on any atom is -0.480 e. The molecule has 0 aliphatic heterocycles. The number of benzene rings is 1. The van der Waals surface area contributed by atoms with Crippen LogP contribution in [-0.2, 0) is 11.2 Å². The summed E-state index contributed by atoms with van der Waals surface area (Å²) >= 11 is 0. The molecule has 0 saturated heterocycles. The fraction of sp³-hybridized carbons (Fsp3) is 0.333. The van der Waals surface area contributed by atoms with Crippen molar-refractivity contribution in [3.05, 3.63) is 47.3 Å². The largest absolute Gasteiger partial charge is 0.480 e. The van der Waals surface area contributed by atoms with Gasteiger partial charge in [0.15, 0.2) is 17.0 Å². The van der Waals surface area contributed by atoms with Crippen molar-refractivity contribution in [3.63, 3.8) is 0 Å². The molecule has 2 heterocycles. The molecule has 3 aromatic rings. The van der Waals surface area contributed by atoms with Gasteiger partial charge in [-0.15, -0.1) is 0 Å². The Labute approximate surface area is 179 Å². The van der Waals surface area contributed by atoms with Gasteiger partial charge in [-0.2, -0.15) is 9.97 Å². The molecule has 10 nitrogen and oxygen atoms in total. The summed E-state index contributed by atoms with van der Waals surface area (Å²) in [5.74, 6) is -1.12. The van der Waals surface area contributed by atoms with E-state index < -0.39 is 17.9 Å². The monoisotopic (exact) mass is 423 g/mol. The molecule has 0 radical (unpaired) electrons. The molecular weight excluding hydrogens is 398 g/mol. The second-order valence-corrected chi connectivity index (χ2v) is 7.38. The SMILES string of the molecule is CCC[C@H](NC(=O)c1ccc(C(C)Cc2cnc3nc(N)nc(N)c3n2)cc1)C(=O)O. The van der Waals surface area contributed by atoms with Crippen LogP contribution in [0.4, 0.5) is 11.8 Å². The average molecular weight is 423 g/mol. The summed E-state index contributed by atoms with van der Waals surface area (Å²) in [6.45, 7) is 3.90. The van der Waals surface area contributed by atoms with Crippen LogP contribution >= 0.6 is 0 Å². The number of fused-ring (bicyclic) bond motifs is 1. The zero-order chi connectivity index (χ0) is 22.5. The molecule has 0 saturated carbocycles. The Hall–Kier alpha value is -3.82.